The second-order valence-corrected chi connectivity index (χ2v) is 7.61. The van der Waals surface area contributed by atoms with E-state index in [2.05, 4.69) is 16.0 Å². The van der Waals surface area contributed by atoms with E-state index in [1.165, 1.54) is 0 Å². The van der Waals surface area contributed by atoms with Gasteiger partial charge in [0.2, 0.25) is 5.91 Å². The van der Waals surface area contributed by atoms with Crippen molar-refractivity contribution in [3.05, 3.63) is 58.1 Å². The van der Waals surface area contributed by atoms with Crippen molar-refractivity contribution in [2.45, 2.75) is 12.8 Å². The fourth-order valence-electron chi connectivity index (χ4n) is 2.43. The summed E-state index contributed by atoms with van der Waals surface area (Å²) in [7, 11) is 1.57. The Morgan fingerprint density at radius 3 is 2.48 bits per heavy atom. The molecule has 166 valence electrons. The van der Waals surface area contributed by atoms with Crippen molar-refractivity contribution >= 4 is 58.0 Å². The van der Waals surface area contributed by atoms with Crippen molar-refractivity contribution in [1.82, 2.24) is 10.6 Å². The summed E-state index contributed by atoms with van der Waals surface area (Å²) in [6.45, 7) is 1.20. The summed E-state index contributed by atoms with van der Waals surface area (Å²) >= 11 is 17.0. The number of anilines is 1. The highest BCUT2D eigenvalue weighted by molar-refractivity contribution is 7.80. The molecular weight excluding hydrogens is 461 g/mol. The molecule has 0 aliphatic heterocycles. The third kappa shape index (κ3) is 9.10. The van der Waals surface area contributed by atoms with E-state index in [9.17, 15) is 9.59 Å². The number of nitrogens with one attached hydrogen (secondary N) is 3. The average Bonchev–Trinajstić information content (AvgIpc) is 2.73. The molecule has 3 N–H and O–H groups in total. The van der Waals surface area contributed by atoms with Gasteiger partial charge in [-0.1, -0.05) is 23.2 Å². The first-order valence-electron chi connectivity index (χ1n) is 9.45. The highest BCUT2D eigenvalue weighted by Gasteiger charge is 2.08. The van der Waals surface area contributed by atoms with Gasteiger partial charge in [-0.05, 0) is 61.1 Å². The third-order valence-corrected chi connectivity index (χ3v) is 4.68. The molecule has 0 saturated carbocycles. The van der Waals surface area contributed by atoms with Gasteiger partial charge in [0.1, 0.15) is 5.75 Å². The van der Waals surface area contributed by atoms with Crippen LogP contribution in [0.2, 0.25) is 10.0 Å². The zero-order chi connectivity index (χ0) is 22.6. The molecule has 0 heterocycles. The van der Waals surface area contributed by atoms with Crippen molar-refractivity contribution in [1.29, 1.82) is 0 Å². The molecule has 2 amide bonds. The van der Waals surface area contributed by atoms with Crippen LogP contribution in [0.5, 0.6) is 5.75 Å². The molecule has 2 aromatic carbocycles. The topological polar surface area (TPSA) is 88.7 Å². The van der Waals surface area contributed by atoms with Crippen LogP contribution in [0.1, 0.15) is 23.2 Å². The Balaban J connectivity index is 1.69. The highest BCUT2D eigenvalue weighted by atomic mass is 35.5. The molecule has 0 aliphatic rings. The van der Waals surface area contributed by atoms with Gasteiger partial charge in [0.05, 0.1) is 18.2 Å². The Bertz CT molecular complexity index is 910. The number of carbonyl (C=O) groups excluding carboxylic acids is 2. The number of hydrogen-bond donors (Lipinski definition) is 3. The van der Waals surface area contributed by atoms with Gasteiger partial charge in [-0.3, -0.25) is 9.59 Å². The second-order valence-electron chi connectivity index (χ2n) is 6.36. The van der Waals surface area contributed by atoms with Crippen LogP contribution in [0.4, 0.5) is 5.69 Å². The Morgan fingerprint density at radius 1 is 1.06 bits per heavy atom. The number of halogens is 2. The molecule has 0 aromatic heterocycles. The first-order valence-corrected chi connectivity index (χ1v) is 10.6. The number of carbonyl (C=O) groups is 2. The van der Waals surface area contributed by atoms with Gasteiger partial charge in [0.15, 0.2) is 5.11 Å². The summed E-state index contributed by atoms with van der Waals surface area (Å²) in [5.41, 5.74) is 1.16. The summed E-state index contributed by atoms with van der Waals surface area (Å²) in [5, 5.41) is 9.36. The lowest BCUT2D eigenvalue weighted by molar-refractivity contribution is -0.119. The zero-order valence-electron chi connectivity index (χ0n) is 16.9. The second kappa shape index (κ2) is 13.1. The Hall–Kier alpha value is -2.39. The number of benzene rings is 2. The molecule has 0 radical (unpaired) electrons. The predicted octanol–water partition coefficient (Wildman–Crippen LogP) is 4.04. The number of methoxy groups -OCH3 is 1. The largest absolute Gasteiger partial charge is 0.492 e. The molecule has 0 atom stereocenters. The van der Waals surface area contributed by atoms with E-state index in [1.54, 1.807) is 49.6 Å². The summed E-state index contributed by atoms with van der Waals surface area (Å²) in [5.74, 6) is 0.0820. The molecule has 7 nitrogen and oxygen atoms in total. The molecule has 0 saturated heterocycles. The van der Waals surface area contributed by atoms with E-state index in [4.69, 9.17) is 44.9 Å². The molecule has 0 bridgehead atoms. The number of ether oxygens (including phenoxy) is 2. The maximum Gasteiger partial charge on any atom is 0.251 e. The third-order valence-electron chi connectivity index (χ3n) is 3.95. The molecule has 0 spiro atoms. The van der Waals surface area contributed by atoms with E-state index >= 15 is 0 Å². The van der Waals surface area contributed by atoms with Crippen LogP contribution in [0, 0.1) is 0 Å². The van der Waals surface area contributed by atoms with Crippen molar-refractivity contribution in [3.63, 3.8) is 0 Å². The normalized spacial score (nSPS) is 10.3. The minimum Gasteiger partial charge on any atom is -0.492 e. The number of rotatable bonds is 10. The maximum atomic E-state index is 12.0. The Labute approximate surface area is 196 Å². The van der Waals surface area contributed by atoms with Gasteiger partial charge in [0, 0.05) is 36.3 Å². The minimum atomic E-state index is -0.238. The van der Waals surface area contributed by atoms with Crippen molar-refractivity contribution < 1.29 is 19.1 Å². The fourth-order valence-corrected chi connectivity index (χ4v) is 3.13. The lowest BCUT2D eigenvalue weighted by Gasteiger charge is -2.11. The van der Waals surface area contributed by atoms with E-state index < -0.39 is 0 Å². The first-order chi connectivity index (χ1) is 14.9. The van der Waals surface area contributed by atoms with E-state index in [0.29, 0.717) is 53.2 Å². The van der Waals surface area contributed by atoms with Gasteiger partial charge in [-0.25, -0.2) is 0 Å². The van der Waals surface area contributed by atoms with Crippen LogP contribution < -0.4 is 20.7 Å². The monoisotopic (exact) mass is 483 g/mol. The lowest BCUT2D eigenvalue weighted by atomic mass is 10.2. The standard InChI is InChI=1S/C21H23Cl2N3O4S/c1-29-12-10-24-20(28)14-4-7-16(8-5-14)25-21(31)26-19(27)3-2-11-30-18-9-6-15(22)13-17(18)23/h4-9,13H,2-3,10-12H2,1H3,(H,24,28)(H2,25,26,27,31). The summed E-state index contributed by atoms with van der Waals surface area (Å²) in [4.78, 5) is 24.0. The van der Waals surface area contributed by atoms with E-state index in [-0.39, 0.29) is 23.3 Å². The Kier molecular flexibility index (Phi) is 10.5. The van der Waals surface area contributed by atoms with Gasteiger partial charge < -0.3 is 25.4 Å². The smallest absolute Gasteiger partial charge is 0.251 e. The molecular formula is C21H23Cl2N3O4S. The van der Waals surface area contributed by atoms with Crippen molar-refractivity contribution in [2.24, 2.45) is 0 Å². The van der Waals surface area contributed by atoms with Gasteiger partial charge in [0.25, 0.3) is 5.91 Å². The van der Waals surface area contributed by atoms with E-state index in [0.717, 1.165) is 0 Å². The number of hydrogen-bond acceptors (Lipinski definition) is 5. The van der Waals surface area contributed by atoms with Crippen LogP contribution in [0.15, 0.2) is 42.5 Å². The predicted molar refractivity (Wildman–Crippen MR) is 126 cm³/mol. The lowest BCUT2D eigenvalue weighted by Crippen LogP contribution is -2.34. The van der Waals surface area contributed by atoms with Crippen LogP contribution >= 0.6 is 35.4 Å². The van der Waals surface area contributed by atoms with Crippen LogP contribution in [0.3, 0.4) is 0 Å². The summed E-state index contributed by atoms with van der Waals surface area (Å²) in [6.07, 6.45) is 0.716. The average molecular weight is 484 g/mol. The van der Waals surface area contributed by atoms with Gasteiger partial charge in [-0.15, -0.1) is 0 Å². The van der Waals surface area contributed by atoms with Crippen molar-refractivity contribution in [2.75, 3.05) is 32.2 Å². The molecule has 0 unspecified atom stereocenters. The molecule has 0 fully saturated rings. The highest BCUT2D eigenvalue weighted by Crippen LogP contribution is 2.27. The van der Waals surface area contributed by atoms with Gasteiger partial charge in [-0.2, -0.15) is 0 Å². The molecule has 2 rings (SSSR count). The van der Waals surface area contributed by atoms with Gasteiger partial charge >= 0.3 is 0 Å². The number of amides is 2. The quantitative estimate of drug-likeness (QED) is 0.349. The van der Waals surface area contributed by atoms with Crippen LogP contribution in [-0.4, -0.2) is 43.8 Å². The molecule has 31 heavy (non-hydrogen) atoms. The minimum absolute atomic E-state index is 0.170. The molecule has 0 aliphatic carbocycles. The first kappa shape index (κ1) is 24.9. The Morgan fingerprint density at radius 2 is 1.81 bits per heavy atom. The fraction of sp³-hybridized carbons (Fsp3) is 0.286. The SMILES string of the molecule is COCCNC(=O)c1ccc(NC(=S)NC(=O)CCCOc2ccc(Cl)cc2Cl)cc1. The molecule has 2 aromatic rings. The van der Waals surface area contributed by atoms with Crippen molar-refractivity contribution in [3.8, 4) is 5.75 Å². The van der Waals surface area contributed by atoms with E-state index in [1.807, 2.05) is 0 Å². The zero-order valence-corrected chi connectivity index (χ0v) is 19.2. The van der Waals surface area contributed by atoms with Crippen LogP contribution in [-0.2, 0) is 9.53 Å². The van der Waals surface area contributed by atoms with Crippen LogP contribution in [0.25, 0.3) is 0 Å². The summed E-state index contributed by atoms with van der Waals surface area (Å²) < 4.78 is 10.4. The maximum absolute atomic E-state index is 12.0. The number of thiocarbonyl (C=S) groups is 1. The summed E-state index contributed by atoms with van der Waals surface area (Å²) in [6, 6.07) is 11.7. The molecule has 10 heteroatoms.